The molecule has 0 unspecified atom stereocenters. The fraction of sp³-hybridized carbons (Fsp3) is 0.286. The van der Waals surface area contributed by atoms with E-state index in [-0.39, 0.29) is 0 Å². The number of aromatic carboxylic acids is 1. The summed E-state index contributed by atoms with van der Waals surface area (Å²) in [7, 11) is 0. The molecule has 0 spiro atoms. The van der Waals surface area contributed by atoms with Crippen LogP contribution in [0.5, 0.6) is 0 Å². The van der Waals surface area contributed by atoms with E-state index in [1.54, 1.807) is 24.4 Å². The van der Waals surface area contributed by atoms with Gasteiger partial charge in [0.2, 0.25) is 0 Å². The number of aromatic nitrogens is 1. The molecule has 1 N–H and O–H groups in total. The number of benzene rings is 1. The highest BCUT2D eigenvalue weighted by Gasteiger charge is 2.08. The SMILES string of the molecule is CC(C)Cc1ccnc2ccc(C(=O)O)cc12. The van der Waals surface area contributed by atoms with E-state index in [1.807, 2.05) is 6.07 Å². The van der Waals surface area contributed by atoms with Gasteiger partial charge in [-0.2, -0.15) is 0 Å². The number of rotatable bonds is 3. The Labute approximate surface area is 100 Å². The molecule has 0 atom stereocenters. The van der Waals surface area contributed by atoms with Crippen LogP contribution in [0.2, 0.25) is 0 Å². The van der Waals surface area contributed by atoms with Crippen LogP contribution in [-0.4, -0.2) is 16.1 Å². The molecule has 0 fully saturated rings. The molecular weight excluding hydrogens is 214 g/mol. The van der Waals surface area contributed by atoms with Crippen molar-refractivity contribution in [2.75, 3.05) is 0 Å². The first kappa shape index (κ1) is 11.6. The van der Waals surface area contributed by atoms with Gasteiger partial charge < -0.3 is 5.11 Å². The largest absolute Gasteiger partial charge is 0.478 e. The van der Waals surface area contributed by atoms with E-state index >= 15 is 0 Å². The number of hydrogen-bond acceptors (Lipinski definition) is 2. The predicted octanol–water partition coefficient (Wildman–Crippen LogP) is 3.13. The number of nitrogens with zero attached hydrogens (tertiary/aromatic N) is 1. The van der Waals surface area contributed by atoms with Crippen LogP contribution >= 0.6 is 0 Å². The Morgan fingerprint density at radius 3 is 2.76 bits per heavy atom. The van der Waals surface area contributed by atoms with Crippen LogP contribution in [-0.2, 0) is 6.42 Å². The van der Waals surface area contributed by atoms with E-state index < -0.39 is 5.97 Å². The van der Waals surface area contributed by atoms with E-state index in [0.717, 1.165) is 22.9 Å². The second-order valence-electron chi connectivity index (χ2n) is 4.61. The molecular formula is C14H15NO2. The van der Waals surface area contributed by atoms with Crippen LogP contribution in [0.25, 0.3) is 10.9 Å². The number of pyridine rings is 1. The Kier molecular flexibility index (Phi) is 3.09. The van der Waals surface area contributed by atoms with Gasteiger partial charge in [0.1, 0.15) is 0 Å². The fourth-order valence-electron chi connectivity index (χ4n) is 1.95. The molecule has 2 rings (SSSR count). The van der Waals surface area contributed by atoms with Crippen LogP contribution in [0.1, 0.15) is 29.8 Å². The standard InChI is InChI=1S/C14H15NO2/c1-9(2)7-10-5-6-15-13-4-3-11(14(16)17)8-12(10)13/h3-6,8-9H,7H2,1-2H3,(H,16,17). The quantitative estimate of drug-likeness (QED) is 0.879. The van der Waals surface area contributed by atoms with Crippen molar-refractivity contribution >= 4 is 16.9 Å². The highest BCUT2D eigenvalue weighted by atomic mass is 16.4. The highest BCUT2D eigenvalue weighted by Crippen LogP contribution is 2.21. The predicted molar refractivity (Wildman–Crippen MR) is 67.2 cm³/mol. The zero-order valence-electron chi connectivity index (χ0n) is 9.97. The lowest BCUT2D eigenvalue weighted by Crippen LogP contribution is -1.99. The zero-order valence-corrected chi connectivity index (χ0v) is 9.97. The van der Waals surface area contributed by atoms with Gasteiger partial charge in [0.25, 0.3) is 0 Å². The summed E-state index contributed by atoms with van der Waals surface area (Å²) in [4.78, 5) is 15.2. The van der Waals surface area contributed by atoms with E-state index in [4.69, 9.17) is 5.11 Å². The molecule has 0 aliphatic heterocycles. The minimum atomic E-state index is -0.897. The number of hydrogen-bond donors (Lipinski definition) is 1. The van der Waals surface area contributed by atoms with Gasteiger partial charge in [-0.1, -0.05) is 13.8 Å². The molecule has 0 bridgehead atoms. The van der Waals surface area contributed by atoms with Crippen LogP contribution in [0.15, 0.2) is 30.5 Å². The monoisotopic (exact) mass is 229 g/mol. The summed E-state index contributed by atoms with van der Waals surface area (Å²) in [6.07, 6.45) is 2.71. The van der Waals surface area contributed by atoms with E-state index in [0.29, 0.717) is 11.5 Å². The summed E-state index contributed by atoms with van der Waals surface area (Å²) < 4.78 is 0. The second-order valence-corrected chi connectivity index (χ2v) is 4.61. The van der Waals surface area contributed by atoms with Gasteiger partial charge in [0.15, 0.2) is 0 Å². The van der Waals surface area contributed by atoms with E-state index in [9.17, 15) is 4.79 Å². The van der Waals surface area contributed by atoms with Gasteiger partial charge >= 0.3 is 5.97 Å². The first-order valence-corrected chi connectivity index (χ1v) is 5.69. The molecule has 0 aliphatic carbocycles. The van der Waals surface area contributed by atoms with Gasteiger partial charge in [-0.25, -0.2) is 4.79 Å². The molecule has 17 heavy (non-hydrogen) atoms. The lowest BCUT2D eigenvalue weighted by Gasteiger charge is -2.08. The summed E-state index contributed by atoms with van der Waals surface area (Å²) >= 11 is 0. The molecule has 0 aliphatic rings. The lowest BCUT2D eigenvalue weighted by atomic mass is 9.98. The molecule has 88 valence electrons. The van der Waals surface area contributed by atoms with Gasteiger partial charge in [-0.3, -0.25) is 4.98 Å². The first-order chi connectivity index (χ1) is 8.08. The molecule has 3 heteroatoms. The summed E-state index contributed by atoms with van der Waals surface area (Å²) in [5, 5.41) is 9.94. The molecule has 1 aromatic heterocycles. The van der Waals surface area contributed by atoms with Gasteiger partial charge in [-0.15, -0.1) is 0 Å². The Hall–Kier alpha value is -1.90. The van der Waals surface area contributed by atoms with Crippen molar-refractivity contribution in [3.8, 4) is 0 Å². The van der Waals surface area contributed by atoms with Gasteiger partial charge in [-0.05, 0) is 42.2 Å². The van der Waals surface area contributed by atoms with Crippen LogP contribution in [0, 0.1) is 5.92 Å². The Morgan fingerprint density at radius 2 is 2.12 bits per heavy atom. The van der Waals surface area contributed by atoms with Crippen molar-refractivity contribution in [1.82, 2.24) is 4.98 Å². The van der Waals surface area contributed by atoms with Crippen molar-refractivity contribution in [2.24, 2.45) is 5.92 Å². The third-order valence-corrected chi connectivity index (χ3v) is 2.71. The molecule has 3 nitrogen and oxygen atoms in total. The minimum Gasteiger partial charge on any atom is -0.478 e. The number of carboxylic acids is 1. The summed E-state index contributed by atoms with van der Waals surface area (Å²) in [5.74, 6) is -0.361. The van der Waals surface area contributed by atoms with Crippen molar-refractivity contribution < 1.29 is 9.90 Å². The van der Waals surface area contributed by atoms with Crippen molar-refractivity contribution in [1.29, 1.82) is 0 Å². The second kappa shape index (κ2) is 4.53. The summed E-state index contributed by atoms with van der Waals surface area (Å²) in [5.41, 5.74) is 2.33. The molecule has 0 saturated heterocycles. The first-order valence-electron chi connectivity index (χ1n) is 5.69. The average molecular weight is 229 g/mol. The highest BCUT2D eigenvalue weighted by molar-refractivity contribution is 5.94. The normalized spacial score (nSPS) is 11.0. The lowest BCUT2D eigenvalue weighted by molar-refractivity contribution is 0.0697. The smallest absolute Gasteiger partial charge is 0.335 e. The van der Waals surface area contributed by atoms with Gasteiger partial charge in [0.05, 0.1) is 11.1 Å². The third kappa shape index (κ3) is 2.44. The van der Waals surface area contributed by atoms with Crippen molar-refractivity contribution in [3.63, 3.8) is 0 Å². The number of carbonyl (C=O) groups is 1. The molecule has 1 aromatic carbocycles. The van der Waals surface area contributed by atoms with E-state index in [2.05, 4.69) is 18.8 Å². The maximum atomic E-state index is 11.0. The average Bonchev–Trinajstić information content (AvgIpc) is 2.28. The number of fused-ring (bicyclic) bond motifs is 1. The zero-order chi connectivity index (χ0) is 12.4. The molecule has 2 aromatic rings. The number of carboxylic acid groups (broad SMARTS) is 1. The molecule has 1 heterocycles. The van der Waals surface area contributed by atoms with E-state index in [1.165, 1.54) is 0 Å². The third-order valence-electron chi connectivity index (χ3n) is 2.71. The fourth-order valence-corrected chi connectivity index (χ4v) is 1.95. The minimum absolute atomic E-state index is 0.315. The van der Waals surface area contributed by atoms with Crippen LogP contribution < -0.4 is 0 Å². The summed E-state index contributed by atoms with van der Waals surface area (Å²) in [6.45, 7) is 4.29. The van der Waals surface area contributed by atoms with Gasteiger partial charge in [0, 0.05) is 11.6 Å². The van der Waals surface area contributed by atoms with Crippen LogP contribution in [0.3, 0.4) is 0 Å². The Bertz CT molecular complexity index is 561. The molecule has 0 radical (unpaired) electrons. The summed E-state index contributed by atoms with van der Waals surface area (Å²) in [6, 6.07) is 7.04. The Morgan fingerprint density at radius 1 is 1.35 bits per heavy atom. The molecule has 0 amide bonds. The Balaban J connectivity index is 2.59. The van der Waals surface area contributed by atoms with Crippen molar-refractivity contribution in [3.05, 3.63) is 41.6 Å². The maximum Gasteiger partial charge on any atom is 0.335 e. The van der Waals surface area contributed by atoms with Crippen molar-refractivity contribution in [2.45, 2.75) is 20.3 Å². The topological polar surface area (TPSA) is 50.2 Å². The maximum absolute atomic E-state index is 11.0. The van der Waals surface area contributed by atoms with Crippen LogP contribution in [0.4, 0.5) is 0 Å². The molecule has 0 saturated carbocycles.